The van der Waals surface area contributed by atoms with Crippen molar-refractivity contribution < 1.29 is 14.2 Å². The predicted octanol–water partition coefficient (Wildman–Crippen LogP) is 2.04. The fourth-order valence-electron chi connectivity index (χ4n) is 6.69. The number of carbonyl (C=O) groups is 2. The van der Waals surface area contributed by atoms with Crippen molar-refractivity contribution in [2.24, 2.45) is 5.92 Å². The van der Waals surface area contributed by atoms with E-state index < -0.39 is 16.8 Å². The van der Waals surface area contributed by atoms with E-state index in [0.717, 1.165) is 28.2 Å². The molecule has 0 N–H and O–H groups in total. The summed E-state index contributed by atoms with van der Waals surface area (Å²) >= 11 is 0. The van der Waals surface area contributed by atoms with Crippen LogP contribution in [-0.2, 0) is 20.4 Å². The van der Waals surface area contributed by atoms with Crippen molar-refractivity contribution in [3.05, 3.63) is 102 Å². The minimum atomic E-state index is -1.08. The van der Waals surface area contributed by atoms with Crippen LogP contribution in [0.2, 0.25) is 0 Å². The van der Waals surface area contributed by atoms with E-state index in [2.05, 4.69) is 44.7 Å². The summed E-state index contributed by atoms with van der Waals surface area (Å²) in [5.74, 6) is -1.76. The van der Waals surface area contributed by atoms with Gasteiger partial charge in [0.25, 0.3) is 0 Å². The van der Waals surface area contributed by atoms with E-state index in [9.17, 15) is 19.2 Å². The van der Waals surface area contributed by atoms with Crippen molar-refractivity contribution in [2.75, 3.05) is 19.0 Å². The van der Waals surface area contributed by atoms with Gasteiger partial charge in [-0.2, -0.15) is 4.58 Å². The summed E-state index contributed by atoms with van der Waals surface area (Å²) < 4.78 is 2.00. The lowest BCUT2D eigenvalue weighted by molar-refractivity contribution is -0.400. The molecule has 0 aromatic heterocycles. The van der Waals surface area contributed by atoms with Gasteiger partial charge in [-0.25, -0.2) is 0 Å². The Morgan fingerprint density at radius 2 is 1.38 bits per heavy atom. The first-order valence-corrected chi connectivity index (χ1v) is 13.2. The fraction of sp³-hybridized carbons (Fsp3) is 0.303. The second kappa shape index (κ2) is 8.15. The maximum atomic E-state index is 13.1. The highest BCUT2D eigenvalue weighted by molar-refractivity contribution is 6.41. The molecule has 3 aromatic carbocycles. The molecule has 0 bridgehead atoms. The number of likely N-dealkylation sites (N-methyl/N-ethyl adjacent to an activating group) is 1. The number of benzene rings is 2. The molecule has 6 nitrogen and oxygen atoms in total. The van der Waals surface area contributed by atoms with E-state index in [4.69, 9.17) is 0 Å². The van der Waals surface area contributed by atoms with Crippen LogP contribution in [0, 0.1) is 5.92 Å². The fourth-order valence-corrected chi connectivity index (χ4v) is 6.69. The van der Waals surface area contributed by atoms with Gasteiger partial charge in [0, 0.05) is 35.9 Å². The van der Waals surface area contributed by atoms with E-state index >= 15 is 0 Å². The lowest BCUT2D eigenvalue weighted by Crippen LogP contribution is -2.65. The highest BCUT2D eigenvalue weighted by Crippen LogP contribution is 2.45. The molecule has 2 aliphatic heterocycles. The van der Waals surface area contributed by atoms with E-state index in [0.29, 0.717) is 0 Å². The molecule has 3 aromatic rings. The Kier molecular flexibility index (Phi) is 5.25. The first-order valence-electron chi connectivity index (χ1n) is 13.2. The number of nitrogens with zero attached hydrogens (tertiary/aromatic N) is 2. The van der Waals surface area contributed by atoms with Crippen LogP contribution in [0.4, 0.5) is 11.4 Å². The summed E-state index contributed by atoms with van der Waals surface area (Å²) in [4.78, 5) is 54.2. The number of hydrogen-bond acceptors (Lipinski definition) is 5. The Labute approximate surface area is 226 Å². The number of fused-ring (bicyclic) bond motifs is 2. The van der Waals surface area contributed by atoms with Crippen LogP contribution in [0.1, 0.15) is 38.8 Å². The third kappa shape index (κ3) is 3.30. The van der Waals surface area contributed by atoms with Crippen LogP contribution < -0.4 is 26.2 Å². The largest absolute Gasteiger partial charge is 0.367 e. The zero-order chi connectivity index (χ0) is 28.0. The molecule has 1 saturated carbocycles. The SMILES string of the molecule is CN1c2ccccc2C(C)(C)C1C=C1C(=O)C(C=c2c(=O)c(=CC3=[N+](C)c4ccccc4C3(C)C)c2=O)C1=O. The second-order valence-corrected chi connectivity index (χ2v) is 12.0. The quantitative estimate of drug-likeness (QED) is 0.229. The first kappa shape index (κ1) is 25.1. The topological polar surface area (TPSA) is 74.5 Å². The van der Waals surface area contributed by atoms with Gasteiger partial charge < -0.3 is 4.90 Å². The summed E-state index contributed by atoms with van der Waals surface area (Å²) in [6.45, 7) is 8.33. The third-order valence-electron chi connectivity index (χ3n) is 9.09. The van der Waals surface area contributed by atoms with E-state index in [-0.39, 0.29) is 44.4 Å². The predicted molar refractivity (Wildman–Crippen MR) is 153 cm³/mol. The molecule has 1 unspecified atom stereocenters. The molecular weight excluding hydrogens is 488 g/mol. The highest BCUT2D eigenvalue weighted by atomic mass is 16.2. The summed E-state index contributed by atoms with van der Waals surface area (Å²) in [5, 5.41) is 0.0142. The molecule has 1 fully saturated rings. The van der Waals surface area contributed by atoms with Gasteiger partial charge in [-0.1, -0.05) is 56.3 Å². The molecule has 0 spiro atoms. The van der Waals surface area contributed by atoms with Crippen LogP contribution in [0.25, 0.3) is 12.2 Å². The average molecular weight is 520 g/mol. The molecule has 1 aliphatic carbocycles. The number of hydrogen-bond donors (Lipinski definition) is 0. The second-order valence-electron chi connectivity index (χ2n) is 12.0. The van der Waals surface area contributed by atoms with Crippen molar-refractivity contribution in [3.8, 4) is 0 Å². The molecule has 6 rings (SSSR count). The lowest BCUT2D eigenvalue weighted by Gasteiger charge is -2.32. The number of carbonyl (C=O) groups excluding carboxylic acids is 2. The molecular formula is C33H31N2O4+. The number of para-hydroxylation sites is 2. The molecule has 1 atom stereocenters. The molecule has 0 radical (unpaired) electrons. The summed E-state index contributed by atoms with van der Waals surface area (Å²) in [6.07, 6.45) is 4.68. The Balaban J connectivity index is 1.31. The number of Topliss-reactive ketones (excluding diaryl/α,β-unsaturated/α-hetero) is 2. The van der Waals surface area contributed by atoms with Gasteiger partial charge in [0.2, 0.25) is 16.5 Å². The van der Waals surface area contributed by atoms with Crippen molar-refractivity contribution in [3.63, 3.8) is 0 Å². The van der Waals surface area contributed by atoms with Crippen LogP contribution in [0.5, 0.6) is 0 Å². The maximum Gasteiger partial charge on any atom is 0.209 e. The number of anilines is 1. The summed E-state index contributed by atoms with van der Waals surface area (Å²) in [6, 6.07) is 15.9. The number of rotatable bonds is 3. The van der Waals surface area contributed by atoms with Gasteiger partial charge in [-0.15, -0.1) is 0 Å². The number of allylic oxidation sites excluding steroid dienone is 1. The molecule has 39 heavy (non-hydrogen) atoms. The third-order valence-corrected chi connectivity index (χ3v) is 9.09. The molecule has 3 aliphatic rings. The van der Waals surface area contributed by atoms with E-state index in [1.54, 1.807) is 12.2 Å². The van der Waals surface area contributed by atoms with Gasteiger partial charge >= 0.3 is 0 Å². The molecule has 0 saturated heterocycles. The zero-order valence-corrected chi connectivity index (χ0v) is 23.0. The minimum Gasteiger partial charge on any atom is -0.367 e. The summed E-state index contributed by atoms with van der Waals surface area (Å²) in [7, 11) is 3.88. The van der Waals surface area contributed by atoms with Crippen molar-refractivity contribution in [1.82, 2.24) is 0 Å². The van der Waals surface area contributed by atoms with Crippen LogP contribution in [-0.4, -0.2) is 42.0 Å². The van der Waals surface area contributed by atoms with E-state index in [1.807, 2.05) is 55.1 Å². The Bertz CT molecular complexity index is 1830. The maximum absolute atomic E-state index is 13.1. The minimum absolute atomic E-state index is 0.0747. The lowest BCUT2D eigenvalue weighted by atomic mass is 9.72. The normalized spacial score (nSPS) is 22.6. The zero-order valence-electron chi connectivity index (χ0n) is 23.0. The van der Waals surface area contributed by atoms with Crippen molar-refractivity contribution in [2.45, 2.75) is 44.6 Å². The molecule has 6 heteroatoms. The number of ketones is 2. The van der Waals surface area contributed by atoms with Crippen molar-refractivity contribution >= 4 is 40.8 Å². The molecule has 196 valence electrons. The van der Waals surface area contributed by atoms with Gasteiger partial charge in [-0.3, -0.25) is 19.2 Å². The molecule has 2 heterocycles. The van der Waals surface area contributed by atoms with Gasteiger partial charge in [-0.05, 0) is 31.6 Å². The molecule has 0 amide bonds. The Morgan fingerprint density at radius 1 is 0.795 bits per heavy atom. The van der Waals surface area contributed by atoms with Crippen LogP contribution >= 0.6 is 0 Å². The van der Waals surface area contributed by atoms with E-state index in [1.165, 1.54) is 6.08 Å². The van der Waals surface area contributed by atoms with Crippen molar-refractivity contribution in [1.29, 1.82) is 0 Å². The van der Waals surface area contributed by atoms with Crippen LogP contribution in [0.3, 0.4) is 0 Å². The van der Waals surface area contributed by atoms with Gasteiger partial charge in [0.15, 0.2) is 17.3 Å². The smallest absolute Gasteiger partial charge is 0.209 e. The highest BCUT2D eigenvalue weighted by Gasteiger charge is 2.48. The Hall–Kier alpha value is -4.19. The monoisotopic (exact) mass is 519 g/mol. The van der Waals surface area contributed by atoms with Gasteiger partial charge in [0.1, 0.15) is 13.0 Å². The Morgan fingerprint density at radius 3 is 2.00 bits per heavy atom. The standard InChI is InChI=1S/C33H31N2O4/c1-32(2)22-11-7-9-13-24(22)34(5)26(32)16-20-28(36)18(29(20)37)15-19-30(38)21(31(19)39)17-27-33(3,4)23-12-8-10-14-25(23)35(27)6/h7-18,26H,1-6H3/q+1. The van der Waals surface area contributed by atoms with Gasteiger partial charge in [0.05, 0.1) is 27.5 Å². The van der Waals surface area contributed by atoms with Crippen LogP contribution in [0.15, 0.2) is 69.8 Å². The summed E-state index contributed by atoms with van der Waals surface area (Å²) in [5.41, 5.74) is 3.89. The average Bonchev–Trinajstić information content (AvgIpc) is 3.23. The first-order chi connectivity index (χ1) is 18.4.